The monoisotopic (exact) mass is 395 g/mol. The molecule has 0 fully saturated rings. The minimum Gasteiger partial charge on any atom is -0.465 e. The molecule has 1 heterocycles. The molecule has 4 nitrogen and oxygen atoms in total. The molecule has 154 valence electrons. The first-order valence-electron chi connectivity index (χ1n) is 9.72. The van der Waals surface area contributed by atoms with E-state index in [4.69, 9.17) is 10.2 Å². The Morgan fingerprint density at radius 3 is 2.52 bits per heavy atom. The van der Waals surface area contributed by atoms with Crippen molar-refractivity contribution in [2.45, 2.75) is 47.6 Å². The molecule has 0 saturated carbocycles. The maximum absolute atomic E-state index is 14.9. The highest BCUT2D eigenvalue weighted by atomic mass is 19.1. The highest BCUT2D eigenvalue weighted by Gasteiger charge is 2.17. The number of aliphatic imine (C=N–C) groups is 1. The van der Waals surface area contributed by atoms with Gasteiger partial charge in [0.15, 0.2) is 0 Å². The lowest BCUT2D eigenvalue weighted by atomic mass is 9.88. The van der Waals surface area contributed by atoms with Gasteiger partial charge in [0.1, 0.15) is 23.2 Å². The Morgan fingerprint density at radius 2 is 2.00 bits per heavy atom. The number of nitrogens with one attached hydrogen (secondary N) is 1. The zero-order valence-corrected chi connectivity index (χ0v) is 17.9. The second-order valence-electron chi connectivity index (χ2n) is 7.00. The molecule has 0 unspecified atom stereocenters. The Kier molecular flexibility index (Phi) is 7.59. The predicted octanol–water partition coefficient (Wildman–Crippen LogP) is 6.36. The smallest absolute Gasteiger partial charge is 0.146 e. The van der Waals surface area contributed by atoms with Crippen molar-refractivity contribution in [2.24, 2.45) is 10.7 Å². The average molecular weight is 396 g/mol. The van der Waals surface area contributed by atoms with Crippen LogP contribution in [0.1, 0.15) is 51.2 Å². The van der Waals surface area contributed by atoms with E-state index in [1.807, 2.05) is 39.0 Å². The number of hydrogen-bond donors (Lipinski definition) is 2. The summed E-state index contributed by atoms with van der Waals surface area (Å²) in [6, 6.07) is 8.91. The zero-order valence-electron chi connectivity index (χ0n) is 17.9. The number of benzene rings is 1. The molecule has 0 spiro atoms. The van der Waals surface area contributed by atoms with Crippen molar-refractivity contribution in [3.05, 3.63) is 82.4 Å². The summed E-state index contributed by atoms with van der Waals surface area (Å²) in [6.07, 6.45) is 2.44. The van der Waals surface area contributed by atoms with Gasteiger partial charge in [0.25, 0.3) is 0 Å². The Labute approximate surface area is 172 Å². The van der Waals surface area contributed by atoms with Gasteiger partial charge in [-0.05, 0) is 75.1 Å². The summed E-state index contributed by atoms with van der Waals surface area (Å²) >= 11 is 0. The van der Waals surface area contributed by atoms with Gasteiger partial charge >= 0.3 is 0 Å². The van der Waals surface area contributed by atoms with Crippen LogP contribution in [0.3, 0.4) is 0 Å². The number of nitrogens with two attached hydrogens (primary N) is 1. The normalized spacial score (nSPS) is 13.3. The standard InChI is InChI=1S/C24H30FN3O/c1-7-16(5)23(22(15(3)4)24(26)27-8-2)18-10-12-21(20(25)13-18)28-14-19-11-9-17(6)29-19/h8-13,28H,3,7,14,26H2,1-2,4-6H3/b23-16?,24-22+,27-8-. The van der Waals surface area contributed by atoms with Crippen LogP contribution in [0.15, 0.2) is 68.9 Å². The van der Waals surface area contributed by atoms with Crippen molar-refractivity contribution in [3.63, 3.8) is 0 Å². The van der Waals surface area contributed by atoms with Crippen LogP contribution in [0.4, 0.5) is 10.1 Å². The van der Waals surface area contributed by atoms with E-state index in [-0.39, 0.29) is 5.82 Å². The van der Waals surface area contributed by atoms with E-state index in [1.165, 1.54) is 6.07 Å². The van der Waals surface area contributed by atoms with E-state index < -0.39 is 0 Å². The molecule has 0 bridgehead atoms. The van der Waals surface area contributed by atoms with Gasteiger partial charge in [0.05, 0.1) is 12.2 Å². The van der Waals surface area contributed by atoms with Gasteiger partial charge in [0, 0.05) is 11.8 Å². The molecule has 0 saturated heterocycles. The molecular formula is C24H30FN3O. The van der Waals surface area contributed by atoms with E-state index >= 15 is 0 Å². The number of nitrogens with zero attached hydrogens (tertiary/aromatic N) is 1. The van der Waals surface area contributed by atoms with Crippen molar-refractivity contribution in [2.75, 3.05) is 5.32 Å². The number of hydrogen-bond acceptors (Lipinski definition) is 4. The Balaban J connectivity index is 2.44. The lowest BCUT2D eigenvalue weighted by Gasteiger charge is -2.18. The van der Waals surface area contributed by atoms with Crippen molar-refractivity contribution >= 4 is 17.5 Å². The Hall–Kier alpha value is -3.08. The summed E-state index contributed by atoms with van der Waals surface area (Å²) in [4.78, 5) is 4.24. The molecule has 0 aliphatic heterocycles. The summed E-state index contributed by atoms with van der Waals surface area (Å²) in [5, 5.41) is 3.08. The van der Waals surface area contributed by atoms with E-state index in [9.17, 15) is 4.39 Å². The third kappa shape index (κ3) is 5.47. The second-order valence-corrected chi connectivity index (χ2v) is 7.00. The number of aryl methyl sites for hydroxylation is 1. The fourth-order valence-corrected chi connectivity index (χ4v) is 3.12. The first kappa shape index (κ1) is 22.2. The largest absolute Gasteiger partial charge is 0.465 e. The van der Waals surface area contributed by atoms with Crippen molar-refractivity contribution in [3.8, 4) is 0 Å². The lowest BCUT2D eigenvalue weighted by molar-refractivity contribution is 0.490. The highest BCUT2D eigenvalue weighted by molar-refractivity contribution is 5.86. The maximum atomic E-state index is 14.9. The van der Waals surface area contributed by atoms with Crippen LogP contribution in [-0.2, 0) is 6.54 Å². The van der Waals surface area contributed by atoms with Crippen molar-refractivity contribution < 1.29 is 8.81 Å². The molecular weight excluding hydrogens is 365 g/mol. The van der Waals surface area contributed by atoms with E-state index in [0.29, 0.717) is 18.1 Å². The molecule has 2 rings (SSSR count). The fourth-order valence-electron chi connectivity index (χ4n) is 3.12. The van der Waals surface area contributed by atoms with Gasteiger partial charge in [-0.2, -0.15) is 0 Å². The second kappa shape index (κ2) is 9.92. The van der Waals surface area contributed by atoms with Crippen LogP contribution in [-0.4, -0.2) is 6.21 Å². The summed E-state index contributed by atoms with van der Waals surface area (Å²) in [6.45, 7) is 14.1. The van der Waals surface area contributed by atoms with Gasteiger partial charge in [-0.3, -0.25) is 0 Å². The molecule has 0 amide bonds. The summed E-state index contributed by atoms with van der Waals surface area (Å²) in [7, 11) is 0. The minimum atomic E-state index is -0.342. The van der Waals surface area contributed by atoms with Gasteiger partial charge in [-0.1, -0.05) is 25.1 Å². The number of furan rings is 1. The summed E-state index contributed by atoms with van der Waals surface area (Å²) in [5.74, 6) is 1.62. The van der Waals surface area contributed by atoms with E-state index in [2.05, 4.69) is 23.8 Å². The Bertz CT molecular complexity index is 980. The molecule has 1 aromatic carbocycles. The molecule has 1 aromatic heterocycles. The first-order chi connectivity index (χ1) is 13.8. The SMILES string of the molecule is C=C(C)/C(C(=C(C)CC)c1ccc(NCc2ccc(C)o2)c(F)c1)=C(N)\N=C/C. The number of rotatable bonds is 8. The molecule has 0 atom stereocenters. The molecule has 0 aliphatic rings. The zero-order chi connectivity index (χ0) is 21.6. The maximum Gasteiger partial charge on any atom is 0.146 e. The third-order valence-corrected chi connectivity index (χ3v) is 4.67. The fraction of sp³-hybridized carbons (Fsp3) is 0.292. The number of halogens is 1. The third-order valence-electron chi connectivity index (χ3n) is 4.67. The number of anilines is 1. The molecule has 0 aliphatic carbocycles. The van der Waals surface area contributed by atoms with E-state index in [0.717, 1.165) is 45.8 Å². The van der Waals surface area contributed by atoms with Gasteiger partial charge in [-0.15, -0.1) is 0 Å². The lowest BCUT2D eigenvalue weighted by Crippen LogP contribution is -2.06. The first-order valence-corrected chi connectivity index (χ1v) is 9.72. The molecule has 3 N–H and O–H groups in total. The summed E-state index contributed by atoms with van der Waals surface area (Å²) < 4.78 is 20.4. The molecule has 29 heavy (non-hydrogen) atoms. The quantitative estimate of drug-likeness (QED) is 0.404. The topological polar surface area (TPSA) is 63.5 Å². The molecule has 0 radical (unpaired) electrons. The molecule has 2 aromatic rings. The predicted molar refractivity (Wildman–Crippen MR) is 120 cm³/mol. The van der Waals surface area contributed by atoms with Gasteiger partial charge in [0.2, 0.25) is 0 Å². The van der Waals surface area contributed by atoms with Crippen LogP contribution in [0.5, 0.6) is 0 Å². The van der Waals surface area contributed by atoms with Crippen molar-refractivity contribution in [1.82, 2.24) is 0 Å². The Morgan fingerprint density at radius 1 is 1.28 bits per heavy atom. The van der Waals surface area contributed by atoms with Crippen LogP contribution in [0, 0.1) is 12.7 Å². The van der Waals surface area contributed by atoms with Gasteiger partial charge < -0.3 is 15.5 Å². The van der Waals surface area contributed by atoms with Crippen LogP contribution >= 0.6 is 0 Å². The number of allylic oxidation sites excluding steroid dienone is 4. The highest BCUT2D eigenvalue weighted by Crippen LogP contribution is 2.35. The average Bonchev–Trinajstić information content (AvgIpc) is 3.09. The van der Waals surface area contributed by atoms with Crippen LogP contribution in [0.2, 0.25) is 0 Å². The van der Waals surface area contributed by atoms with Gasteiger partial charge in [-0.25, -0.2) is 9.38 Å². The summed E-state index contributed by atoms with van der Waals surface area (Å²) in [5.41, 5.74) is 10.9. The van der Waals surface area contributed by atoms with Crippen LogP contribution in [0.25, 0.3) is 5.57 Å². The molecule has 5 heteroatoms. The van der Waals surface area contributed by atoms with E-state index in [1.54, 1.807) is 19.2 Å². The van der Waals surface area contributed by atoms with Crippen molar-refractivity contribution in [1.29, 1.82) is 0 Å². The van der Waals surface area contributed by atoms with Crippen LogP contribution < -0.4 is 11.1 Å². The minimum absolute atomic E-state index is 0.342.